The second kappa shape index (κ2) is 16.4. The van der Waals surface area contributed by atoms with E-state index in [2.05, 4.69) is 85.8 Å². The van der Waals surface area contributed by atoms with Crippen molar-refractivity contribution in [2.24, 2.45) is 11.8 Å². The van der Waals surface area contributed by atoms with E-state index >= 15 is 0 Å². The molecule has 0 amide bonds. The molecule has 0 spiro atoms. The van der Waals surface area contributed by atoms with Gasteiger partial charge >= 0.3 is 0 Å². The number of hydrogen-bond acceptors (Lipinski definition) is 6. The van der Waals surface area contributed by atoms with Gasteiger partial charge in [-0.05, 0) is 38.8 Å². The highest BCUT2D eigenvalue weighted by atomic mass is 32.2. The molecule has 3 rings (SSSR count). The molecule has 214 valence electrons. The van der Waals surface area contributed by atoms with Gasteiger partial charge in [-0.2, -0.15) is 0 Å². The molecule has 8 heteroatoms. The van der Waals surface area contributed by atoms with Gasteiger partial charge in [0, 0.05) is 106 Å². The third-order valence-electron chi connectivity index (χ3n) is 7.43. The van der Waals surface area contributed by atoms with Gasteiger partial charge in [0.25, 0.3) is 0 Å². The summed E-state index contributed by atoms with van der Waals surface area (Å²) in [5.74, 6) is 5.26. The second-order valence-corrected chi connectivity index (χ2v) is 14.7. The Morgan fingerprint density at radius 2 is 1.08 bits per heavy atom. The predicted octanol–water partition coefficient (Wildman–Crippen LogP) is 2.57. The third-order valence-corrected chi connectivity index (χ3v) is 10.1. The summed E-state index contributed by atoms with van der Waals surface area (Å²) in [7, 11) is 4.46. The van der Waals surface area contributed by atoms with Crippen molar-refractivity contribution in [2.45, 2.75) is 46.8 Å². The smallest absolute Gasteiger partial charge is 0.0347 e. The summed E-state index contributed by atoms with van der Waals surface area (Å²) >= 11 is 0. The maximum absolute atomic E-state index is 12.1. The minimum atomic E-state index is -2.02. The normalized spacial score (nSPS) is 23.2. The molecule has 0 bridgehead atoms. The SMILES string of the molecule is C=C(C(C)C)N1CCN(C)CC1.C=S(=O)(C(C)C)N1CCN(C)CC1.CC(C)CN1CCN(C)CC1. The van der Waals surface area contributed by atoms with Crippen molar-refractivity contribution in [1.82, 2.24) is 28.8 Å². The van der Waals surface area contributed by atoms with E-state index in [1.807, 2.05) is 18.2 Å². The first-order valence-corrected chi connectivity index (χ1v) is 15.8. The Labute approximate surface area is 225 Å². The molecule has 0 aromatic carbocycles. The van der Waals surface area contributed by atoms with Crippen LogP contribution in [0.3, 0.4) is 0 Å². The first-order chi connectivity index (χ1) is 16.7. The van der Waals surface area contributed by atoms with Crippen LogP contribution >= 0.6 is 0 Å². The molecule has 3 saturated heterocycles. The fraction of sp³-hybridized carbons (Fsp3) is 0.893. The van der Waals surface area contributed by atoms with E-state index in [-0.39, 0.29) is 5.25 Å². The number of rotatable bonds is 6. The molecule has 3 heterocycles. The van der Waals surface area contributed by atoms with E-state index in [1.54, 1.807) is 0 Å². The van der Waals surface area contributed by atoms with Gasteiger partial charge in [-0.25, -0.2) is 4.31 Å². The highest BCUT2D eigenvalue weighted by Gasteiger charge is 2.23. The van der Waals surface area contributed by atoms with Crippen LogP contribution in [0, 0.1) is 11.8 Å². The Morgan fingerprint density at radius 1 is 0.694 bits per heavy atom. The van der Waals surface area contributed by atoms with Gasteiger partial charge in [0.05, 0.1) is 0 Å². The molecule has 3 fully saturated rings. The lowest BCUT2D eigenvalue weighted by molar-refractivity contribution is 0.141. The number of nitrogens with zero attached hydrogens (tertiary/aromatic N) is 6. The van der Waals surface area contributed by atoms with Gasteiger partial charge in [0.1, 0.15) is 0 Å². The molecule has 0 aromatic heterocycles. The maximum Gasteiger partial charge on any atom is 0.0347 e. The van der Waals surface area contributed by atoms with Crippen LogP contribution in [0.4, 0.5) is 0 Å². The number of likely N-dealkylation sites (N-methyl/N-ethyl adjacent to an activating group) is 3. The first kappa shape index (κ1) is 33.4. The lowest BCUT2D eigenvalue weighted by Gasteiger charge is -2.36. The summed E-state index contributed by atoms with van der Waals surface area (Å²) in [5.41, 5.74) is 1.29. The van der Waals surface area contributed by atoms with Gasteiger partial charge in [-0.1, -0.05) is 48.1 Å². The molecule has 3 aliphatic rings. The van der Waals surface area contributed by atoms with Gasteiger partial charge in [-0.3, -0.25) is 4.21 Å². The lowest BCUT2D eigenvalue weighted by Crippen LogP contribution is -2.48. The number of hydrogen-bond donors (Lipinski definition) is 0. The van der Waals surface area contributed by atoms with Crippen molar-refractivity contribution >= 4 is 15.6 Å². The fourth-order valence-corrected chi connectivity index (χ4v) is 5.78. The summed E-state index contributed by atoms with van der Waals surface area (Å²) in [6.07, 6.45) is 0. The third kappa shape index (κ3) is 12.3. The van der Waals surface area contributed by atoms with Crippen LogP contribution in [0.15, 0.2) is 12.3 Å². The van der Waals surface area contributed by atoms with Crippen molar-refractivity contribution < 1.29 is 4.21 Å². The van der Waals surface area contributed by atoms with Crippen LogP contribution in [-0.2, 0) is 9.71 Å². The molecule has 0 saturated carbocycles. The average molecular weight is 529 g/mol. The summed E-state index contributed by atoms with van der Waals surface area (Å²) in [4.78, 5) is 12.0. The zero-order chi connectivity index (χ0) is 27.5. The predicted molar refractivity (Wildman–Crippen MR) is 161 cm³/mol. The molecule has 0 aliphatic carbocycles. The molecule has 0 N–H and O–H groups in total. The first-order valence-electron chi connectivity index (χ1n) is 14.1. The Morgan fingerprint density at radius 3 is 1.44 bits per heavy atom. The standard InChI is InChI=1S/C10H20N2.C9H20N2OS.C9H20N2/c1-9(2)10(3)12-7-5-11(4)6-8-12;1-9(2)13(4,12)11-7-5-10(3)6-8-11;1-9(2)8-11-6-4-10(3)5-7-11/h9H,3,5-8H2,1-2,4H3;9H,4-8H2,1-3H3;9H,4-8H2,1-3H3. The minimum Gasteiger partial charge on any atom is -0.373 e. The van der Waals surface area contributed by atoms with Crippen molar-refractivity contribution in [2.75, 3.05) is 106 Å². The summed E-state index contributed by atoms with van der Waals surface area (Å²) < 4.78 is 14.2. The van der Waals surface area contributed by atoms with E-state index in [9.17, 15) is 4.21 Å². The molecule has 36 heavy (non-hydrogen) atoms. The van der Waals surface area contributed by atoms with Crippen molar-refractivity contribution in [3.05, 3.63) is 12.3 Å². The van der Waals surface area contributed by atoms with E-state index in [1.165, 1.54) is 51.5 Å². The fourth-order valence-electron chi connectivity index (χ4n) is 4.40. The van der Waals surface area contributed by atoms with E-state index in [0.717, 1.165) is 45.2 Å². The molecule has 1 atom stereocenters. The molecular formula is C28H60N6OS. The monoisotopic (exact) mass is 528 g/mol. The highest BCUT2D eigenvalue weighted by molar-refractivity contribution is 7.98. The van der Waals surface area contributed by atoms with Gasteiger partial charge < -0.3 is 24.5 Å². The number of piperazine rings is 3. The number of allylic oxidation sites excluding steroid dienone is 1. The van der Waals surface area contributed by atoms with E-state index < -0.39 is 9.71 Å². The van der Waals surface area contributed by atoms with Crippen molar-refractivity contribution in [3.8, 4) is 0 Å². The summed E-state index contributed by atoms with van der Waals surface area (Å²) in [5, 5.41) is 0.149. The Kier molecular flexibility index (Phi) is 15.2. The topological polar surface area (TPSA) is 36.5 Å². The zero-order valence-electron chi connectivity index (χ0n) is 25.3. The molecule has 0 aromatic rings. The Balaban J connectivity index is 0.000000271. The summed E-state index contributed by atoms with van der Waals surface area (Å²) in [6.45, 7) is 31.8. The van der Waals surface area contributed by atoms with Gasteiger partial charge in [0.15, 0.2) is 0 Å². The van der Waals surface area contributed by atoms with Crippen LogP contribution in [0.2, 0.25) is 0 Å². The summed E-state index contributed by atoms with van der Waals surface area (Å²) in [6, 6.07) is 0. The average Bonchev–Trinajstić information content (AvgIpc) is 2.81. The van der Waals surface area contributed by atoms with Gasteiger partial charge in [0.2, 0.25) is 0 Å². The van der Waals surface area contributed by atoms with Crippen LogP contribution in [0.5, 0.6) is 0 Å². The van der Waals surface area contributed by atoms with Crippen LogP contribution < -0.4 is 0 Å². The van der Waals surface area contributed by atoms with Crippen molar-refractivity contribution in [3.63, 3.8) is 0 Å². The molecule has 1 unspecified atom stereocenters. The minimum absolute atomic E-state index is 0.149. The Bertz CT molecular complexity index is 700. The van der Waals surface area contributed by atoms with Crippen LogP contribution in [0.1, 0.15) is 41.5 Å². The molecule has 0 radical (unpaired) electrons. The van der Waals surface area contributed by atoms with Gasteiger partial charge in [-0.15, -0.1) is 0 Å². The van der Waals surface area contributed by atoms with Crippen LogP contribution in [-0.4, -0.2) is 150 Å². The maximum atomic E-state index is 12.1. The molecule has 3 aliphatic heterocycles. The lowest BCUT2D eigenvalue weighted by atomic mass is 10.1. The van der Waals surface area contributed by atoms with E-state index in [0.29, 0.717) is 5.92 Å². The zero-order valence-corrected chi connectivity index (χ0v) is 26.2. The quantitative estimate of drug-likeness (QED) is 0.493. The second-order valence-electron chi connectivity index (χ2n) is 11.9. The highest BCUT2D eigenvalue weighted by Crippen LogP contribution is 2.14. The molecule has 7 nitrogen and oxygen atoms in total. The van der Waals surface area contributed by atoms with E-state index in [4.69, 9.17) is 0 Å². The Hall–Kier alpha value is -0.640. The largest absolute Gasteiger partial charge is 0.373 e. The van der Waals surface area contributed by atoms with Crippen molar-refractivity contribution in [1.29, 1.82) is 0 Å². The van der Waals surface area contributed by atoms with Crippen LogP contribution in [0.25, 0.3) is 0 Å². The molecular weight excluding hydrogens is 468 g/mol.